The Morgan fingerprint density at radius 3 is 2.62 bits per heavy atom. The highest BCUT2D eigenvalue weighted by molar-refractivity contribution is 9.08. The van der Waals surface area contributed by atoms with Crippen molar-refractivity contribution >= 4 is 27.6 Å². The number of alkyl halides is 3. The lowest BCUT2D eigenvalue weighted by Crippen LogP contribution is -2.13. The average molecular weight is 368 g/mol. The number of nitro groups is 1. The molecule has 0 atom stereocenters. The quantitative estimate of drug-likeness (QED) is 0.320. The lowest BCUT2D eigenvalue weighted by molar-refractivity contribution is -0.385. The summed E-state index contributed by atoms with van der Waals surface area (Å²) >= 11 is 3.08. The summed E-state index contributed by atoms with van der Waals surface area (Å²) in [5.41, 5.74) is -0.316. The fourth-order valence-corrected chi connectivity index (χ4v) is 1.99. The molecule has 0 aliphatic heterocycles. The number of carbonyl (C=O) groups is 1. The van der Waals surface area contributed by atoms with E-state index in [0.717, 1.165) is 0 Å². The zero-order valence-electron chi connectivity index (χ0n) is 11.0. The summed E-state index contributed by atoms with van der Waals surface area (Å²) in [5, 5.41) is 11.3. The Kier molecular flexibility index (Phi) is 6.47. The second kappa shape index (κ2) is 7.87. The fraction of sp³-hybridized carbons (Fsp3) is 0.417. The van der Waals surface area contributed by atoms with Gasteiger partial charge in [0.15, 0.2) is 0 Å². The Labute approximate surface area is 127 Å². The van der Waals surface area contributed by atoms with E-state index < -0.39 is 35.4 Å². The van der Waals surface area contributed by atoms with Crippen molar-refractivity contribution in [2.24, 2.45) is 0 Å². The van der Waals surface area contributed by atoms with E-state index in [0.29, 0.717) is 5.56 Å². The zero-order chi connectivity index (χ0) is 16.0. The van der Waals surface area contributed by atoms with E-state index in [4.69, 9.17) is 0 Å². The van der Waals surface area contributed by atoms with Gasteiger partial charge >= 0.3 is 12.6 Å². The van der Waals surface area contributed by atoms with Gasteiger partial charge in [0.25, 0.3) is 5.69 Å². The smallest absolute Gasteiger partial charge is 0.387 e. The van der Waals surface area contributed by atoms with Gasteiger partial charge in [-0.3, -0.25) is 14.9 Å². The van der Waals surface area contributed by atoms with Crippen molar-refractivity contribution in [3.8, 4) is 5.75 Å². The molecule has 0 aliphatic carbocycles. The van der Waals surface area contributed by atoms with E-state index in [1.54, 1.807) is 6.92 Å². The van der Waals surface area contributed by atoms with Gasteiger partial charge < -0.3 is 9.47 Å². The number of ether oxygens (including phenoxy) is 2. The Morgan fingerprint density at radius 1 is 1.48 bits per heavy atom. The number of rotatable bonds is 7. The molecule has 0 saturated heterocycles. The van der Waals surface area contributed by atoms with Crippen LogP contribution in [0.25, 0.3) is 0 Å². The van der Waals surface area contributed by atoms with Gasteiger partial charge in [-0.15, -0.1) is 0 Å². The molecule has 0 aliphatic rings. The maximum Gasteiger partial charge on any atom is 0.387 e. The highest BCUT2D eigenvalue weighted by atomic mass is 79.9. The van der Waals surface area contributed by atoms with Crippen LogP contribution in [0, 0.1) is 10.1 Å². The van der Waals surface area contributed by atoms with E-state index in [9.17, 15) is 23.7 Å². The van der Waals surface area contributed by atoms with Crippen LogP contribution < -0.4 is 4.74 Å². The summed E-state index contributed by atoms with van der Waals surface area (Å²) in [5.74, 6) is -1.16. The normalized spacial score (nSPS) is 10.5. The van der Waals surface area contributed by atoms with Gasteiger partial charge in [-0.2, -0.15) is 8.78 Å². The molecule has 0 amide bonds. The molecule has 0 N–H and O–H groups in total. The molecule has 0 spiro atoms. The third-order valence-corrected chi connectivity index (χ3v) is 3.09. The summed E-state index contributed by atoms with van der Waals surface area (Å²) < 4.78 is 33.8. The first-order chi connectivity index (χ1) is 9.88. The van der Waals surface area contributed by atoms with Crippen molar-refractivity contribution in [2.45, 2.75) is 25.3 Å². The van der Waals surface area contributed by atoms with Crippen molar-refractivity contribution in [3.63, 3.8) is 0 Å². The van der Waals surface area contributed by atoms with Crippen molar-refractivity contribution < 1.29 is 28.0 Å². The van der Waals surface area contributed by atoms with E-state index in [1.165, 1.54) is 12.1 Å². The zero-order valence-corrected chi connectivity index (χ0v) is 12.6. The predicted molar refractivity (Wildman–Crippen MR) is 72.7 cm³/mol. The van der Waals surface area contributed by atoms with Crippen LogP contribution in [0.1, 0.15) is 18.1 Å². The second-order valence-electron chi connectivity index (χ2n) is 3.84. The van der Waals surface area contributed by atoms with E-state index >= 15 is 0 Å². The van der Waals surface area contributed by atoms with Crippen LogP contribution in [0.4, 0.5) is 14.5 Å². The van der Waals surface area contributed by atoms with Crippen LogP contribution in [-0.2, 0) is 21.3 Å². The Morgan fingerprint density at radius 2 is 2.14 bits per heavy atom. The number of hydrogen-bond donors (Lipinski definition) is 0. The molecule has 21 heavy (non-hydrogen) atoms. The molecule has 0 saturated carbocycles. The molecule has 1 aromatic carbocycles. The Hall–Kier alpha value is -1.77. The maximum atomic E-state index is 12.4. The van der Waals surface area contributed by atoms with Gasteiger partial charge in [-0.1, -0.05) is 15.9 Å². The maximum absolute atomic E-state index is 12.4. The number of halogens is 3. The standard InChI is InChI=1S/C12H12BrF2NO5/c1-2-20-11(17)5-8-9(16(18)19)3-7(6-13)4-10(8)21-12(14)15/h3-4,12H,2,5-6H2,1H3. The molecule has 6 nitrogen and oxygen atoms in total. The molecule has 0 aromatic heterocycles. The van der Waals surface area contributed by atoms with Gasteiger partial charge in [0.2, 0.25) is 0 Å². The van der Waals surface area contributed by atoms with Gasteiger partial charge in [0, 0.05) is 11.4 Å². The molecule has 116 valence electrons. The van der Waals surface area contributed by atoms with Crippen LogP contribution in [0.5, 0.6) is 5.75 Å². The summed E-state index contributed by atoms with van der Waals surface area (Å²) in [6.45, 7) is -1.51. The number of nitrogens with zero attached hydrogens (tertiary/aromatic N) is 1. The van der Waals surface area contributed by atoms with Crippen LogP contribution in [0.15, 0.2) is 12.1 Å². The first kappa shape index (κ1) is 17.3. The van der Waals surface area contributed by atoms with E-state index in [-0.39, 0.29) is 17.5 Å². The molecule has 0 heterocycles. The first-order valence-corrected chi connectivity index (χ1v) is 6.97. The third-order valence-electron chi connectivity index (χ3n) is 2.44. The van der Waals surface area contributed by atoms with Crippen molar-refractivity contribution in [2.75, 3.05) is 6.61 Å². The number of esters is 1. The first-order valence-electron chi connectivity index (χ1n) is 5.85. The lowest BCUT2D eigenvalue weighted by Gasteiger charge is -2.12. The summed E-state index contributed by atoms with van der Waals surface area (Å²) in [7, 11) is 0. The summed E-state index contributed by atoms with van der Waals surface area (Å²) in [6, 6.07) is 2.42. The monoisotopic (exact) mass is 367 g/mol. The SMILES string of the molecule is CCOC(=O)Cc1c(OC(F)F)cc(CBr)cc1[N+](=O)[O-]. The molecule has 1 aromatic rings. The minimum absolute atomic E-state index is 0.0805. The summed E-state index contributed by atoms with van der Waals surface area (Å²) in [4.78, 5) is 21.8. The highest BCUT2D eigenvalue weighted by Gasteiger charge is 2.25. The van der Waals surface area contributed by atoms with Crippen molar-refractivity contribution in [1.82, 2.24) is 0 Å². The predicted octanol–water partition coefficient (Wildman–Crippen LogP) is 3.20. The number of hydrogen-bond acceptors (Lipinski definition) is 5. The third kappa shape index (κ3) is 4.92. The van der Waals surface area contributed by atoms with Gasteiger partial charge in [-0.05, 0) is 18.6 Å². The molecular weight excluding hydrogens is 356 g/mol. The molecule has 0 bridgehead atoms. The minimum Gasteiger partial charge on any atom is -0.466 e. The van der Waals surface area contributed by atoms with Gasteiger partial charge in [0.05, 0.1) is 23.5 Å². The molecule has 0 unspecified atom stereocenters. The van der Waals surface area contributed by atoms with Gasteiger partial charge in [-0.25, -0.2) is 0 Å². The van der Waals surface area contributed by atoms with Crippen LogP contribution in [-0.4, -0.2) is 24.1 Å². The topological polar surface area (TPSA) is 78.7 Å². The lowest BCUT2D eigenvalue weighted by atomic mass is 10.1. The molecule has 9 heteroatoms. The summed E-state index contributed by atoms with van der Waals surface area (Å²) in [6.07, 6.45) is -0.519. The van der Waals surface area contributed by atoms with Crippen LogP contribution in [0.2, 0.25) is 0 Å². The highest BCUT2D eigenvalue weighted by Crippen LogP contribution is 2.33. The largest absolute Gasteiger partial charge is 0.466 e. The average Bonchev–Trinajstić information content (AvgIpc) is 2.39. The Balaban J connectivity index is 3.32. The fourth-order valence-electron chi connectivity index (χ4n) is 1.66. The molecule has 0 radical (unpaired) electrons. The van der Waals surface area contributed by atoms with E-state index in [2.05, 4.69) is 25.4 Å². The van der Waals surface area contributed by atoms with Gasteiger partial charge in [0.1, 0.15) is 5.75 Å². The van der Waals surface area contributed by atoms with E-state index in [1.807, 2.05) is 0 Å². The number of nitro benzene ring substituents is 1. The molecule has 1 rings (SSSR count). The number of benzene rings is 1. The molecular formula is C12H12BrF2NO5. The van der Waals surface area contributed by atoms with Crippen LogP contribution >= 0.6 is 15.9 Å². The molecule has 0 fully saturated rings. The Bertz CT molecular complexity index is 539. The number of carbonyl (C=O) groups excluding carboxylic acids is 1. The van der Waals surface area contributed by atoms with Crippen molar-refractivity contribution in [1.29, 1.82) is 0 Å². The van der Waals surface area contributed by atoms with Crippen molar-refractivity contribution in [3.05, 3.63) is 33.4 Å². The van der Waals surface area contributed by atoms with Crippen LogP contribution in [0.3, 0.4) is 0 Å². The second-order valence-corrected chi connectivity index (χ2v) is 4.40. The minimum atomic E-state index is -3.16.